The molecule has 0 radical (unpaired) electrons. The van der Waals surface area contributed by atoms with E-state index in [1.807, 2.05) is 0 Å². The van der Waals surface area contributed by atoms with Gasteiger partial charge in [-0.2, -0.15) is 22.0 Å². The predicted octanol–water partition coefficient (Wildman–Crippen LogP) is 4.12. The first-order chi connectivity index (χ1) is 8.87. The van der Waals surface area contributed by atoms with Gasteiger partial charge in [0.15, 0.2) is 0 Å². The number of hydrogen-bond acceptors (Lipinski definition) is 1. The molecule has 0 unspecified atom stereocenters. The molecule has 0 aliphatic carbocycles. The molecular formula is C13H14F5NO. The van der Waals surface area contributed by atoms with Crippen LogP contribution in [0.5, 0.6) is 0 Å². The van der Waals surface area contributed by atoms with Gasteiger partial charge in [-0.15, -0.1) is 0 Å². The highest BCUT2D eigenvalue weighted by Gasteiger charge is 2.63. The SMILES string of the molecule is CC(C)(C)c1ccccc1NC(=O)C(F)(F)C(F)(F)F. The van der Waals surface area contributed by atoms with Gasteiger partial charge >= 0.3 is 18.0 Å². The van der Waals surface area contributed by atoms with Crippen molar-refractivity contribution in [3.8, 4) is 0 Å². The van der Waals surface area contributed by atoms with Crippen LogP contribution in [0.4, 0.5) is 27.6 Å². The van der Waals surface area contributed by atoms with Gasteiger partial charge in [0.2, 0.25) is 0 Å². The molecule has 0 aliphatic rings. The van der Waals surface area contributed by atoms with E-state index in [4.69, 9.17) is 0 Å². The summed E-state index contributed by atoms with van der Waals surface area (Å²) in [5.41, 5.74) is -0.113. The van der Waals surface area contributed by atoms with Gasteiger partial charge in [0, 0.05) is 5.69 Å². The zero-order valence-corrected chi connectivity index (χ0v) is 11.1. The van der Waals surface area contributed by atoms with Gasteiger partial charge in [-0.25, -0.2) is 0 Å². The number of carbonyl (C=O) groups is 1. The summed E-state index contributed by atoms with van der Waals surface area (Å²) in [6.45, 7) is 5.25. The van der Waals surface area contributed by atoms with E-state index in [-0.39, 0.29) is 5.69 Å². The number of benzene rings is 1. The van der Waals surface area contributed by atoms with Crippen LogP contribution in [0.1, 0.15) is 26.3 Å². The molecule has 1 amide bonds. The van der Waals surface area contributed by atoms with E-state index in [2.05, 4.69) is 0 Å². The summed E-state index contributed by atoms with van der Waals surface area (Å²) < 4.78 is 62.1. The summed E-state index contributed by atoms with van der Waals surface area (Å²) in [6.07, 6.45) is -5.92. The number of alkyl halides is 5. The molecule has 1 aromatic rings. The van der Waals surface area contributed by atoms with Crippen LogP contribution in [0.15, 0.2) is 24.3 Å². The Morgan fingerprint density at radius 3 is 1.95 bits per heavy atom. The third kappa shape index (κ3) is 3.26. The largest absolute Gasteiger partial charge is 0.463 e. The number of para-hydroxylation sites is 1. The highest BCUT2D eigenvalue weighted by atomic mass is 19.4. The fraction of sp³-hybridized carbons (Fsp3) is 0.462. The van der Waals surface area contributed by atoms with Crippen LogP contribution < -0.4 is 5.32 Å². The third-order valence-corrected chi connectivity index (χ3v) is 2.62. The van der Waals surface area contributed by atoms with Crippen molar-refractivity contribution < 1.29 is 26.7 Å². The van der Waals surface area contributed by atoms with E-state index in [0.29, 0.717) is 5.56 Å². The van der Waals surface area contributed by atoms with Gasteiger partial charge in [-0.05, 0) is 17.0 Å². The van der Waals surface area contributed by atoms with Gasteiger partial charge in [0.25, 0.3) is 0 Å². The molecule has 0 saturated carbocycles. The monoisotopic (exact) mass is 295 g/mol. The highest BCUT2D eigenvalue weighted by molar-refractivity contribution is 5.97. The van der Waals surface area contributed by atoms with E-state index in [1.54, 1.807) is 38.2 Å². The van der Waals surface area contributed by atoms with Crippen molar-refractivity contribution in [3.63, 3.8) is 0 Å². The number of amides is 1. The van der Waals surface area contributed by atoms with Crippen LogP contribution in [-0.2, 0) is 10.2 Å². The van der Waals surface area contributed by atoms with Crippen LogP contribution in [0, 0.1) is 0 Å². The average molecular weight is 295 g/mol. The standard InChI is InChI=1S/C13H14F5NO/c1-11(2,3)8-6-4-5-7-9(8)19-10(20)12(14,15)13(16,17)18/h4-7H,1-3H3,(H,19,20). The van der Waals surface area contributed by atoms with Crippen LogP contribution in [0.2, 0.25) is 0 Å². The van der Waals surface area contributed by atoms with Crippen molar-refractivity contribution in [2.24, 2.45) is 0 Å². The summed E-state index contributed by atoms with van der Waals surface area (Å²) in [5.74, 6) is -7.82. The molecule has 1 N–H and O–H groups in total. The molecular weight excluding hydrogens is 281 g/mol. The molecule has 0 bridgehead atoms. The first kappa shape index (κ1) is 16.4. The second-order valence-corrected chi connectivity index (χ2v) is 5.32. The van der Waals surface area contributed by atoms with E-state index >= 15 is 0 Å². The Balaban J connectivity index is 3.10. The molecule has 0 saturated heterocycles. The lowest BCUT2D eigenvalue weighted by atomic mass is 9.86. The van der Waals surface area contributed by atoms with Crippen LogP contribution in [-0.4, -0.2) is 18.0 Å². The van der Waals surface area contributed by atoms with Crippen molar-refractivity contribution in [3.05, 3.63) is 29.8 Å². The van der Waals surface area contributed by atoms with Crippen molar-refractivity contribution in [2.75, 3.05) is 5.32 Å². The highest BCUT2D eigenvalue weighted by Crippen LogP contribution is 2.37. The number of nitrogens with one attached hydrogen (secondary N) is 1. The number of carbonyl (C=O) groups excluding carboxylic acids is 1. The van der Waals surface area contributed by atoms with Crippen molar-refractivity contribution in [2.45, 2.75) is 38.3 Å². The zero-order chi connectivity index (χ0) is 15.8. The predicted molar refractivity (Wildman–Crippen MR) is 64.8 cm³/mol. The second-order valence-electron chi connectivity index (χ2n) is 5.32. The Bertz CT molecular complexity index is 502. The minimum atomic E-state index is -5.92. The zero-order valence-electron chi connectivity index (χ0n) is 11.1. The lowest BCUT2D eigenvalue weighted by molar-refractivity contribution is -0.267. The molecule has 1 rings (SSSR count). The fourth-order valence-corrected chi connectivity index (χ4v) is 1.58. The molecule has 2 nitrogen and oxygen atoms in total. The summed E-state index contributed by atoms with van der Waals surface area (Å²) in [4.78, 5) is 11.2. The van der Waals surface area contributed by atoms with Crippen LogP contribution in [0.3, 0.4) is 0 Å². The Labute approximate surface area is 113 Å². The fourth-order valence-electron chi connectivity index (χ4n) is 1.58. The lowest BCUT2D eigenvalue weighted by Crippen LogP contribution is -2.47. The van der Waals surface area contributed by atoms with Gasteiger partial charge in [-0.3, -0.25) is 4.79 Å². The maximum atomic E-state index is 12.9. The van der Waals surface area contributed by atoms with Crippen LogP contribution in [0.25, 0.3) is 0 Å². The smallest absolute Gasteiger partial charge is 0.320 e. The molecule has 7 heteroatoms. The summed E-state index contributed by atoms with van der Waals surface area (Å²) in [7, 11) is 0. The number of anilines is 1. The quantitative estimate of drug-likeness (QED) is 0.817. The minimum absolute atomic E-state index is 0.0612. The van der Waals surface area contributed by atoms with Gasteiger partial charge in [-0.1, -0.05) is 39.0 Å². The van der Waals surface area contributed by atoms with E-state index < -0.39 is 23.4 Å². The molecule has 0 heterocycles. The van der Waals surface area contributed by atoms with E-state index in [9.17, 15) is 26.7 Å². The first-order valence-corrected chi connectivity index (χ1v) is 5.73. The van der Waals surface area contributed by atoms with Crippen molar-refractivity contribution in [1.82, 2.24) is 0 Å². The molecule has 0 spiro atoms. The van der Waals surface area contributed by atoms with E-state index in [0.717, 1.165) is 0 Å². The maximum absolute atomic E-state index is 12.9. The van der Waals surface area contributed by atoms with Gasteiger partial charge in [0.05, 0.1) is 0 Å². The molecule has 112 valence electrons. The van der Waals surface area contributed by atoms with Gasteiger partial charge < -0.3 is 5.32 Å². The number of halogens is 5. The molecule has 0 fully saturated rings. The summed E-state index contributed by atoms with van der Waals surface area (Å²) in [6, 6.07) is 5.89. The third-order valence-electron chi connectivity index (χ3n) is 2.62. The Morgan fingerprint density at radius 1 is 1.00 bits per heavy atom. The number of hydrogen-bond donors (Lipinski definition) is 1. The second kappa shape index (κ2) is 5.03. The molecule has 0 atom stereocenters. The molecule has 0 aromatic heterocycles. The van der Waals surface area contributed by atoms with Gasteiger partial charge in [0.1, 0.15) is 0 Å². The minimum Gasteiger partial charge on any atom is -0.320 e. The molecule has 0 aliphatic heterocycles. The Morgan fingerprint density at radius 2 is 1.50 bits per heavy atom. The molecule has 20 heavy (non-hydrogen) atoms. The lowest BCUT2D eigenvalue weighted by Gasteiger charge is -2.24. The normalized spacial score (nSPS) is 13.2. The topological polar surface area (TPSA) is 29.1 Å². The van der Waals surface area contributed by atoms with Crippen LogP contribution >= 0.6 is 0 Å². The van der Waals surface area contributed by atoms with E-state index in [1.165, 1.54) is 12.1 Å². The average Bonchev–Trinajstić information content (AvgIpc) is 2.26. The Hall–Kier alpha value is -1.66. The number of rotatable bonds is 2. The summed E-state index contributed by atoms with van der Waals surface area (Å²) in [5, 5.41) is 1.65. The Kier molecular flexibility index (Phi) is 4.12. The molecule has 1 aromatic carbocycles. The van der Waals surface area contributed by atoms with Crippen molar-refractivity contribution >= 4 is 11.6 Å². The maximum Gasteiger partial charge on any atom is 0.463 e. The summed E-state index contributed by atoms with van der Waals surface area (Å²) >= 11 is 0. The first-order valence-electron chi connectivity index (χ1n) is 5.73. The van der Waals surface area contributed by atoms with Crippen molar-refractivity contribution in [1.29, 1.82) is 0 Å².